The van der Waals surface area contributed by atoms with E-state index in [4.69, 9.17) is 5.11 Å². The Kier molecular flexibility index (Phi) is 5.05. The van der Waals surface area contributed by atoms with Gasteiger partial charge in [-0.3, -0.25) is 14.6 Å². The van der Waals surface area contributed by atoms with Gasteiger partial charge in [-0.15, -0.1) is 0 Å². The predicted molar refractivity (Wildman–Crippen MR) is 80.8 cm³/mol. The molecule has 1 aromatic carbocycles. The lowest BCUT2D eigenvalue weighted by molar-refractivity contribution is -0.137. The number of carboxylic acids is 1. The van der Waals surface area contributed by atoms with Crippen LogP contribution in [0.15, 0.2) is 53.3 Å². The molecule has 2 N–H and O–H groups in total. The molecule has 0 aliphatic rings. The number of halogens is 1. The second-order valence-corrected chi connectivity index (χ2v) is 5.34. The number of carboxylic acid groups (broad SMARTS) is 1. The van der Waals surface area contributed by atoms with Gasteiger partial charge in [0, 0.05) is 16.9 Å². The van der Waals surface area contributed by atoms with Crippen molar-refractivity contribution in [1.82, 2.24) is 10.3 Å². The van der Waals surface area contributed by atoms with Crippen LogP contribution in [0.2, 0.25) is 0 Å². The largest absolute Gasteiger partial charge is 0.481 e. The van der Waals surface area contributed by atoms with E-state index in [1.54, 1.807) is 36.5 Å². The predicted octanol–water partition coefficient (Wildman–Crippen LogP) is 2.79. The molecule has 0 bridgehead atoms. The van der Waals surface area contributed by atoms with Crippen LogP contribution in [0, 0.1) is 0 Å². The van der Waals surface area contributed by atoms with Gasteiger partial charge in [0.25, 0.3) is 5.91 Å². The number of pyridine rings is 1. The summed E-state index contributed by atoms with van der Waals surface area (Å²) in [7, 11) is 0. The summed E-state index contributed by atoms with van der Waals surface area (Å²) in [5.41, 5.74) is 1.12. The van der Waals surface area contributed by atoms with Crippen molar-refractivity contribution < 1.29 is 14.7 Å². The molecular weight excluding hydrogens is 336 g/mol. The first kappa shape index (κ1) is 15.2. The topological polar surface area (TPSA) is 79.3 Å². The Morgan fingerprint density at radius 1 is 1.29 bits per heavy atom. The van der Waals surface area contributed by atoms with E-state index in [9.17, 15) is 9.59 Å². The SMILES string of the molecule is O=C(O)C[C@H](NC(=O)c1cccnc1)c1cccc(Br)c1. The third-order valence-corrected chi connectivity index (χ3v) is 3.35. The maximum absolute atomic E-state index is 12.1. The number of carbonyl (C=O) groups is 2. The summed E-state index contributed by atoms with van der Waals surface area (Å²) in [5.74, 6) is -1.33. The molecule has 2 aromatic rings. The van der Waals surface area contributed by atoms with E-state index in [1.807, 2.05) is 6.07 Å². The van der Waals surface area contributed by atoms with Crippen molar-refractivity contribution >= 4 is 27.8 Å². The first-order chi connectivity index (χ1) is 10.1. The molecule has 1 atom stereocenters. The zero-order valence-corrected chi connectivity index (χ0v) is 12.6. The van der Waals surface area contributed by atoms with Crippen LogP contribution < -0.4 is 5.32 Å². The lowest BCUT2D eigenvalue weighted by atomic mass is 10.0. The molecule has 2 rings (SSSR count). The van der Waals surface area contributed by atoms with E-state index in [0.29, 0.717) is 5.56 Å². The van der Waals surface area contributed by atoms with E-state index >= 15 is 0 Å². The maximum atomic E-state index is 12.1. The highest BCUT2D eigenvalue weighted by Gasteiger charge is 2.19. The van der Waals surface area contributed by atoms with Crippen LogP contribution in [0.3, 0.4) is 0 Å². The fourth-order valence-corrected chi connectivity index (χ4v) is 2.31. The van der Waals surface area contributed by atoms with Crippen molar-refractivity contribution in [3.63, 3.8) is 0 Å². The molecule has 21 heavy (non-hydrogen) atoms. The van der Waals surface area contributed by atoms with Gasteiger partial charge in [0.15, 0.2) is 0 Å². The molecule has 0 fully saturated rings. The van der Waals surface area contributed by atoms with E-state index in [0.717, 1.165) is 10.0 Å². The summed E-state index contributed by atoms with van der Waals surface area (Å²) in [6, 6.07) is 9.88. The van der Waals surface area contributed by atoms with Crippen molar-refractivity contribution in [1.29, 1.82) is 0 Å². The number of hydrogen-bond acceptors (Lipinski definition) is 3. The second-order valence-electron chi connectivity index (χ2n) is 4.42. The number of carbonyl (C=O) groups excluding carboxylic acids is 1. The summed E-state index contributed by atoms with van der Waals surface area (Å²) < 4.78 is 0.825. The van der Waals surface area contributed by atoms with Crippen LogP contribution in [0.5, 0.6) is 0 Å². The van der Waals surface area contributed by atoms with Crippen molar-refractivity contribution in [3.05, 3.63) is 64.4 Å². The van der Waals surface area contributed by atoms with Gasteiger partial charge in [0.05, 0.1) is 18.0 Å². The third-order valence-electron chi connectivity index (χ3n) is 2.86. The Morgan fingerprint density at radius 2 is 2.10 bits per heavy atom. The zero-order chi connectivity index (χ0) is 15.2. The van der Waals surface area contributed by atoms with Gasteiger partial charge in [0.1, 0.15) is 0 Å². The van der Waals surface area contributed by atoms with Crippen molar-refractivity contribution in [3.8, 4) is 0 Å². The average Bonchev–Trinajstić information content (AvgIpc) is 2.47. The number of amides is 1. The van der Waals surface area contributed by atoms with Crippen molar-refractivity contribution in [2.45, 2.75) is 12.5 Å². The fraction of sp³-hybridized carbons (Fsp3) is 0.133. The Balaban J connectivity index is 2.21. The average molecular weight is 349 g/mol. The van der Waals surface area contributed by atoms with E-state index in [2.05, 4.69) is 26.2 Å². The fourth-order valence-electron chi connectivity index (χ4n) is 1.89. The lowest BCUT2D eigenvalue weighted by Gasteiger charge is -2.17. The Bertz CT molecular complexity index is 646. The van der Waals surface area contributed by atoms with Crippen LogP contribution in [-0.4, -0.2) is 22.0 Å². The number of benzene rings is 1. The van der Waals surface area contributed by atoms with E-state index in [1.165, 1.54) is 6.20 Å². The molecule has 6 heteroatoms. The molecule has 1 amide bonds. The molecule has 5 nitrogen and oxygen atoms in total. The van der Waals surface area contributed by atoms with Gasteiger partial charge in [-0.25, -0.2) is 0 Å². The van der Waals surface area contributed by atoms with Gasteiger partial charge in [-0.2, -0.15) is 0 Å². The Hall–Kier alpha value is -2.21. The molecule has 1 aromatic heterocycles. The number of hydrogen-bond donors (Lipinski definition) is 2. The molecule has 0 radical (unpaired) electrons. The third kappa shape index (κ3) is 4.39. The Morgan fingerprint density at radius 3 is 2.71 bits per heavy atom. The number of nitrogens with zero attached hydrogens (tertiary/aromatic N) is 1. The number of rotatable bonds is 5. The molecule has 0 saturated heterocycles. The molecule has 0 aliphatic carbocycles. The normalized spacial score (nSPS) is 11.7. The first-order valence-electron chi connectivity index (χ1n) is 6.24. The number of aliphatic carboxylic acids is 1. The van der Waals surface area contributed by atoms with Crippen LogP contribution in [0.4, 0.5) is 0 Å². The zero-order valence-electron chi connectivity index (χ0n) is 11.0. The molecule has 0 saturated carbocycles. The number of aromatic nitrogens is 1. The molecule has 0 spiro atoms. The summed E-state index contributed by atoms with van der Waals surface area (Å²) in [6.07, 6.45) is 2.82. The molecule has 1 heterocycles. The van der Waals surface area contributed by atoms with Crippen LogP contribution in [0.25, 0.3) is 0 Å². The summed E-state index contributed by atoms with van der Waals surface area (Å²) >= 11 is 3.34. The first-order valence-corrected chi connectivity index (χ1v) is 7.03. The van der Waals surface area contributed by atoms with Crippen LogP contribution in [0.1, 0.15) is 28.4 Å². The van der Waals surface area contributed by atoms with Crippen molar-refractivity contribution in [2.24, 2.45) is 0 Å². The van der Waals surface area contributed by atoms with Crippen molar-refractivity contribution in [2.75, 3.05) is 0 Å². The highest BCUT2D eigenvalue weighted by atomic mass is 79.9. The smallest absolute Gasteiger partial charge is 0.305 e. The number of nitrogens with one attached hydrogen (secondary N) is 1. The summed E-state index contributed by atoms with van der Waals surface area (Å²) in [5, 5.41) is 11.8. The molecule has 0 aliphatic heterocycles. The van der Waals surface area contributed by atoms with Gasteiger partial charge in [-0.05, 0) is 29.8 Å². The lowest BCUT2D eigenvalue weighted by Crippen LogP contribution is -2.30. The highest BCUT2D eigenvalue weighted by molar-refractivity contribution is 9.10. The summed E-state index contributed by atoms with van der Waals surface area (Å²) in [6.45, 7) is 0. The minimum atomic E-state index is -0.980. The van der Waals surface area contributed by atoms with Crippen LogP contribution in [-0.2, 0) is 4.79 Å². The quantitative estimate of drug-likeness (QED) is 0.870. The molecule has 0 unspecified atom stereocenters. The van der Waals surface area contributed by atoms with Gasteiger partial charge in [-0.1, -0.05) is 28.1 Å². The van der Waals surface area contributed by atoms with E-state index in [-0.39, 0.29) is 12.3 Å². The maximum Gasteiger partial charge on any atom is 0.305 e. The van der Waals surface area contributed by atoms with Crippen LogP contribution >= 0.6 is 15.9 Å². The minimum Gasteiger partial charge on any atom is -0.481 e. The molecule has 108 valence electrons. The van der Waals surface area contributed by atoms with E-state index < -0.39 is 12.0 Å². The second kappa shape index (κ2) is 6.99. The highest BCUT2D eigenvalue weighted by Crippen LogP contribution is 2.21. The van der Waals surface area contributed by atoms with Gasteiger partial charge < -0.3 is 10.4 Å². The molecular formula is C15H13BrN2O3. The monoisotopic (exact) mass is 348 g/mol. The van der Waals surface area contributed by atoms with Gasteiger partial charge >= 0.3 is 5.97 Å². The Labute approximate surface area is 130 Å². The standard InChI is InChI=1S/C15H13BrN2O3/c16-12-5-1-3-10(7-12)13(8-14(19)20)18-15(21)11-4-2-6-17-9-11/h1-7,9,13H,8H2,(H,18,21)(H,19,20)/t13-/m0/s1. The minimum absolute atomic E-state index is 0.192. The summed E-state index contributed by atoms with van der Waals surface area (Å²) in [4.78, 5) is 27.0. The van der Waals surface area contributed by atoms with Gasteiger partial charge in [0.2, 0.25) is 0 Å².